The number of hydrogen-bond donors (Lipinski definition) is 1. The van der Waals surface area contributed by atoms with E-state index in [0.717, 1.165) is 4.88 Å². The molecule has 0 saturated heterocycles. The largest absolute Gasteiger partial charge is 0.272 e. The molecule has 2 aromatic rings. The summed E-state index contributed by atoms with van der Waals surface area (Å²) < 4.78 is 0. The summed E-state index contributed by atoms with van der Waals surface area (Å²) in [4.78, 5) is 22.9. The zero-order chi connectivity index (χ0) is 14.5. The molecule has 0 spiro atoms. The summed E-state index contributed by atoms with van der Waals surface area (Å²) in [6, 6.07) is 7.94. The number of carbonyl (C=O) groups is 1. The number of hydrogen-bond acceptors (Lipinski definition) is 5. The quantitative estimate of drug-likeness (QED) is 0.533. The van der Waals surface area contributed by atoms with Crippen LogP contribution in [0.1, 0.15) is 20.8 Å². The lowest BCUT2D eigenvalue weighted by atomic mass is 10.1. The molecule has 0 aliphatic heterocycles. The Kier molecular flexibility index (Phi) is 4.21. The lowest BCUT2D eigenvalue weighted by molar-refractivity contribution is -0.385. The molecular formula is C13H11N3O3S. The molecule has 0 fully saturated rings. The standard InChI is InChI=1S/C13H11N3O3S/c1-9-7-10(4-5-12(9)16(18)19)13(17)15-14-8-11-3-2-6-20-11/h2-8H,1H3,(H,15,17). The molecule has 0 saturated carbocycles. The number of nitro groups is 1. The number of aryl methyl sites for hydroxylation is 1. The Morgan fingerprint density at radius 2 is 2.25 bits per heavy atom. The second-order valence-electron chi connectivity index (χ2n) is 3.97. The number of carbonyl (C=O) groups excluding carboxylic acids is 1. The number of nitrogens with zero attached hydrogens (tertiary/aromatic N) is 2. The van der Waals surface area contributed by atoms with Gasteiger partial charge in [-0.15, -0.1) is 11.3 Å². The van der Waals surface area contributed by atoms with Gasteiger partial charge < -0.3 is 0 Å². The monoisotopic (exact) mass is 289 g/mol. The van der Waals surface area contributed by atoms with Gasteiger partial charge in [-0.25, -0.2) is 5.43 Å². The van der Waals surface area contributed by atoms with Gasteiger partial charge >= 0.3 is 0 Å². The van der Waals surface area contributed by atoms with Crippen LogP contribution in [0, 0.1) is 17.0 Å². The van der Waals surface area contributed by atoms with Crippen LogP contribution in [-0.4, -0.2) is 17.0 Å². The van der Waals surface area contributed by atoms with Crippen LogP contribution in [0.4, 0.5) is 5.69 Å². The van der Waals surface area contributed by atoms with Crippen molar-refractivity contribution in [2.75, 3.05) is 0 Å². The molecule has 6 nitrogen and oxygen atoms in total. The summed E-state index contributed by atoms with van der Waals surface area (Å²) in [5, 5.41) is 16.4. The summed E-state index contributed by atoms with van der Waals surface area (Å²) in [7, 11) is 0. The summed E-state index contributed by atoms with van der Waals surface area (Å²) in [5.41, 5.74) is 3.14. The maximum Gasteiger partial charge on any atom is 0.272 e. The number of nitro benzene ring substituents is 1. The van der Waals surface area contributed by atoms with Crippen LogP contribution in [0.2, 0.25) is 0 Å². The van der Waals surface area contributed by atoms with Crippen molar-refractivity contribution < 1.29 is 9.72 Å². The van der Waals surface area contributed by atoms with Crippen LogP contribution in [0.15, 0.2) is 40.8 Å². The second kappa shape index (κ2) is 6.07. The molecule has 20 heavy (non-hydrogen) atoms. The minimum atomic E-state index is -0.480. The Hall–Kier alpha value is -2.54. The van der Waals surface area contributed by atoms with Gasteiger partial charge in [0.05, 0.1) is 11.1 Å². The first-order valence-corrected chi connectivity index (χ1v) is 6.58. The number of rotatable bonds is 4. The van der Waals surface area contributed by atoms with Crippen LogP contribution in [0.25, 0.3) is 0 Å². The summed E-state index contributed by atoms with van der Waals surface area (Å²) in [5.74, 6) is -0.407. The van der Waals surface area contributed by atoms with E-state index in [1.54, 1.807) is 13.1 Å². The topological polar surface area (TPSA) is 84.6 Å². The third-order valence-corrected chi connectivity index (χ3v) is 3.36. The minimum absolute atomic E-state index is 0.0105. The van der Waals surface area contributed by atoms with Gasteiger partial charge in [0.1, 0.15) is 0 Å². The third kappa shape index (κ3) is 3.27. The molecule has 0 bridgehead atoms. The van der Waals surface area contributed by atoms with Crippen molar-refractivity contribution in [3.8, 4) is 0 Å². The number of benzene rings is 1. The average molecular weight is 289 g/mol. The minimum Gasteiger partial charge on any atom is -0.267 e. The highest BCUT2D eigenvalue weighted by Crippen LogP contribution is 2.18. The summed E-state index contributed by atoms with van der Waals surface area (Å²) in [6.45, 7) is 1.59. The highest BCUT2D eigenvalue weighted by atomic mass is 32.1. The van der Waals surface area contributed by atoms with Crippen LogP contribution < -0.4 is 5.43 Å². The maximum atomic E-state index is 11.8. The van der Waals surface area contributed by atoms with Gasteiger partial charge in [0.2, 0.25) is 0 Å². The zero-order valence-corrected chi connectivity index (χ0v) is 11.4. The number of thiophene rings is 1. The fourth-order valence-electron chi connectivity index (χ4n) is 1.59. The Bertz CT molecular complexity index is 666. The number of amides is 1. The van der Waals surface area contributed by atoms with Crippen LogP contribution in [0.3, 0.4) is 0 Å². The number of nitrogens with one attached hydrogen (secondary N) is 1. The van der Waals surface area contributed by atoms with Crippen LogP contribution >= 0.6 is 11.3 Å². The first kappa shape index (κ1) is 13.9. The first-order chi connectivity index (χ1) is 9.58. The molecule has 1 aromatic carbocycles. The SMILES string of the molecule is Cc1cc(C(=O)NN=Cc2cccs2)ccc1[N+](=O)[O-]. The molecule has 7 heteroatoms. The van der Waals surface area contributed by atoms with Crippen molar-refractivity contribution in [3.05, 3.63) is 61.8 Å². The van der Waals surface area contributed by atoms with E-state index in [1.807, 2.05) is 17.5 Å². The van der Waals surface area contributed by atoms with E-state index in [4.69, 9.17) is 0 Å². The molecule has 0 radical (unpaired) electrons. The van der Waals surface area contributed by atoms with Crippen molar-refractivity contribution >= 4 is 29.1 Å². The van der Waals surface area contributed by atoms with Gasteiger partial charge in [-0.3, -0.25) is 14.9 Å². The Morgan fingerprint density at radius 3 is 2.85 bits per heavy atom. The Balaban J connectivity index is 2.06. The van der Waals surface area contributed by atoms with E-state index >= 15 is 0 Å². The molecule has 102 valence electrons. The Labute approximate surface area is 118 Å². The van der Waals surface area contributed by atoms with Crippen LogP contribution in [0.5, 0.6) is 0 Å². The van der Waals surface area contributed by atoms with Gasteiger partial charge in [0.25, 0.3) is 11.6 Å². The van der Waals surface area contributed by atoms with E-state index in [9.17, 15) is 14.9 Å². The van der Waals surface area contributed by atoms with Crippen molar-refractivity contribution in [3.63, 3.8) is 0 Å². The average Bonchev–Trinajstić information content (AvgIpc) is 2.91. The first-order valence-electron chi connectivity index (χ1n) is 5.70. The zero-order valence-electron chi connectivity index (χ0n) is 10.6. The highest BCUT2D eigenvalue weighted by Gasteiger charge is 2.13. The van der Waals surface area contributed by atoms with E-state index in [2.05, 4.69) is 10.5 Å². The van der Waals surface area contributed by atoms with Crippen LogP contribution in [-0.2, 0) is 0 Å². The third-order valence-electron chi connectivity index (χ3n) is 2.56. The van der Waals surface area contributed by atoms with Crippen molar-refractivity contribution in [1.29, 1.82) is 0 Å². The second-order valence-corrected chi connectivity index (χ2v) is 4.95. The molecule has 0 aliphatic carbocycles. The van der Waals surface area contributed by atoms with E-state index in [1.165, 1.54) is 29.5 Å². The van der Waals surface area contributed by atoms with Gasteiger partial charge in [0, 0.05) is 22.1 Å². The molecule has 1 N–H and O–H groups in total. The highest BCUT2D eigenvalue weighted by molar-refractivity contribution is 7.11. The molecule has 0 aliphatic rings. The summed E-state index contributed by atoms with van der Waals surface area (Å²) in [6.07, 6.45) is 1.54. The lowest BCUT2D eigenvalue weighted by Crippen LogP contribution is -2.17. The fraction of sp³-hybridized carbons (Fsp3) is 0.0769. The lowest BCUT2D eigenvalue weighted by Gasteiger charge is -2.01. The normalized spacial score (nSPS) is 10.7. The molecule has 0 atom stereocenters. The molecule has 2 rings (SSSR count). The van der Waals surface area contributed by atoms with Gasteiger partial charge in [-0.05, 0) is 30.5 Å². The number of hydrazone groups is 1. The fourth-order valence-corrected chi connectivity index (χ4v) is 2.17. The van der Waals surface area contributed by atoms with Gasteiger partial charge in [-0.1, -0.05) is 6.07 Å². The van der Waals surface area contributed by atoms with E-state index in [-0.39, 0.29) is 5.69 Å². The van der Waals surface area contributed by atoms with Crippen molar-refractivity contribution in [1.82, 2.24) is 5.43 Å². The molecular weight excluding hydrogens is 278 g/mol. The van der Waals surface area contributed by atoms with E-state index < -0.39 is 10.8 Å². The van der Waals surface area contributed by atoms with Crippen molar-refractivity contribution in [2.24, 2.45) is 5.10 Å². The molecule has 0 unspecified atom stereocenters. The Morgan fingerprint density at radius 1 is 1.45 bits per heavy atom. The van der Waals surface area contributed by atoms with Gasteiger partial charge in [-0.2, -0.15) is 5.10 Å². The summed E-state index contributed by atoms with van der Waals surface area (Å²) >= 11 is 1.50. The molecule has 1 aromatic heterocycles. The van der Waals surface area contributed by atoms with Gasteiger partial charge in [0.15, 0.2) is 0 Å². The van der Waals surface area contributed by atoms with Crippen molar-refractivity contribution in [2.45, 2.75) is 6.92 Å². The predicted molar refractivity (Wildman–Crippen MR) is 77.2 cm³/mol. The smallest absolute Gasteiger partial charge is 0.267 e. The maximum absolute atomic E-state index is 11.8. The predicted octanol–water partition coefficient (Wildman–Crippen LogP) is 2.73. The molecule has 1 heterocycles. The van der Waals surface area contributed by atoms with E-state index in [0.29, 0.717) is 11.1 Å². The molecule has 1 amide bonds.